The second kappa shape index (κ2) is 9.13. The van der Waals surface area contributed by atoms with Crippen LogP contribution in [0.2, 0.25) is 0 Å². The average molecular weight is 471 g/mol. The van der Waals surface area contributed by atoms with Crippen molar-refractivity contribution in [3.63, 3.8) is 0 Å². The average Bonchev–Trinajstić information content (AvgIpc) is 2.98. The van der Waals surface area contributed by atoms with Crippen molar-refractivity contribution in [1.82, 2.24) is 4.90 Å². The molecule has 5 nitrogen and oxygen atoms in total. The summed E-state index contributed by atoms with van der Waals surface area (Å²) in [5.74, 6) is -0.439. The van der Waals surface area contributed by atoms with Crippen molar-refractivity contribution in [2.24, 2.45) is 4.99 Å². The maximum absolute atomic E-state index is 13.5. The zero-order chi connectivity index (χ0) is 21.9. The number of esters is 1. The van der Waals surface area contributed by atoms with Crippen molar-refractivity contribution >= 4 is 33.5 Å². The lowest BCUT2D eigenvalue weighted by molar-refractivity contribution is -0.130. The van der Waals surface area contributed by atoms with Crippen molar-refractivity contribution < 1.29 is 14.3 Å². The van der Waals surface area contributed by atoms with Gasteiger partial charge < -0.3 is 9.64 Å². The number of unbranched alkanes of at least 4 members (excludes halogenated alkanes) is 1. The van der Waals surface area contributed by atoms with Gasteiger partial charge >= 0.3 is 5.97 Å². The van der Waals surface area contributed by atoms with E-state index in [2.05, 4.69) is 22.9 Å². The van der Waals surface area contributed by atoms with Gasteiger partial charge in [-0.25, -0.2) is 4.79 Å². The number of ether oxygens (including phenoxy) is 1. The molecule has 1 aliphatic heterocycles. The van der Waals surface area contributed by atoms with Gasteiger partial charge in [-0.15, -0.1) is 0 Å². The van der Waals surface area contributed by atoms with Gasteiger partial charge in [-0.3, -0.25) is 9.79 Å². The van der Waals surface area contributed by atoms with Gasteiger partial charge in [0.15, 0.2) is 0 Å². The molecular weight excluding hydrogens is 444 g/mol. The molecule has 1 unspecified atom stereocenters. The quantitative estimate of drug-likeness (QED) is 0.499. The Bertz CT molecular complexity index is 949. The van der Waals surface area contributed by atoms with Crippen molar-refractivity contribution in [3.05, 3.63) is 69.7 Å². The van der Waals surface area contributed by atoms with E-state index < -0.39 is 5.66 Å². The molecule has 0 fully saturated rings. The highest BCUT2D eigenvalue weighted by molar-refractivity contribution is 9.10. The fraction of sp³-hybridized carbons (Fsp3) is 0.375. The van der Waals surface area contributed by atoms with Crippen LogP contribution in [0.1, 0.15) is 67.6 Å². The molecule has 158 valence electrons. The van der Waals surface area contributed by atoms with Gasteiger partial charge in [-0.1, -0.05) is 60.0 Å². The summed E-state index contributed by atoms with van der Waals surface area (Å²) in [6.45, 7) is 6.08. The molecule has 30 heavy (non-hydrogen) atoms. The first-order valence-corrected chi connectivity index (χ1v) is 11.0. The SMILES string of the molecule is CCCCC(c1ccc(C(=O)OC)cc1)N1C(=O)C(c2ccc(Br)cc2)=NC1(C)C. The third kappa shape index (κ3) is 4.48. The van der Waals surface area contributed by atoms with Gasteiger partial charge in [0.2, 0.25) is 0 Å². The minimum absolute atomic E-state index is 0.0690. The van der Waals surface area contributed by atoms with Crippen LogP contribution < -0.4 is 0 Å². The Kier molecular flexibility index (Phi) is 6.76. The van der Waals surface area contributed by atoms with E-state index in [1.165, 1.54) is 7.11 Å². The zero-order valence-electron chi connectivity index (χ0n) is 17.8. The highest BCUT2D eigenvalue weighted by Gasteiger charge is 2.44. The fourth-order valence-corrected chi connectivity index (χ4v) is 4.12. The van der Waals surface area contributed by atoms with Crippen LogP contribution in [0.15, 0.2) is 58.0 Å². The predicted molar refractivity (Wildman–Crippen MR) is 122 cm³/mol. The Hall–Kier alpha value is -2.47. The van der Waals surface area contributed by atoms with Crippen molar-refractivity contribution in [3.8, 4) is 0 Å². The Morgan fingerprint density at radius 3 is 2.33 bits per heavy atom. The number of halogens is 1. The maximum Gasteiger partial charge on any atom is 0.337 e. The molecule has 0 spiro atoms. The van der Waals surface area contributed by atoms with Gasteiger partial charge in [0.25, 0.3) is 5.91 Å². The summed E-state index contributed by atoms with van der Waals surface area (Å²) >= 11 is 3.44. The molecule has 1 atom stereocenters. The number of hydrogen-bond donors (Lipinski definition) is 0. The summed E-state index contributed by atoms with van der Waals surface area (Å²) in [4.78, 5) is 32.0. The number of rotatable bonds is 7. The zero-order valence-corrected chi connectivity index (χ0v) is 19.4. The van der Waals surface area contributed by atoms with Crippen LogP contribution in [-0.4, -0.2) is 35.3 Å². The minimum Gasteiger partial charge on any atom is -0.465 e. The Labute approximate surface area is 186 Å². The first-order chi connectivity index (χ1) is 14.3. The van der Waals surface area contributed by atoms with E-state index >= 15 is 0 Å². The highest BCUT2D eigenvalue weighted by Crippen LogP contribution is 2.38. The monoisotopic (exact) mass is 470 g/mol. The van der Waals surface area contributed by atoms with E-state index in [1.54, 1.807) is 12.1 Å². The molecule has 2 aromatic carbocycles. The number of amides is 1. The molecule has 3 rings (SSSR count). The lowest BCUT2D eigenvalue weighted by Gasteiger charge is -2.37. The van der Waals surface area contributed by atoms with Crippen LogP contribution in [0.5, 0.6) is 0 Å². The van der Waals surface area contributed by atoms with Crippen molar-refractivity contribution in [2.45, 2.75) is 51.7 Å². The van der Waals surface area contributed by atoms with Crippen LogP contribution in [0, 0.1) is 0 Å². The number of aliphatic imine (C=N–C) groups is 1. The Balaban J connectivity index is 1.96. The molecule has 0 N–H and O–H groups in total. The molecule has 1 aliphatic rings. The Morgan fingerprint density at radius 2 is 1.77 bits per heavy atom. The van der Waals surface area contributed by atoms with Gasteiger partial charge in [0, 0.05) is 10.0 Å². The lowest BCUT2D eigenvalue weighted by Crippen LogP contribution is -2.45. The van der Waals surface area contributed by atoms with Gasteiger partial charge in [0.05, 0.1) is 18.7 Å². The van der Waals surface area contributed by atoms with E-state index in [1.807, 2.05) is 55.1 Å². The molecule has 1 amide bonds. The molecule has 2 aromatic rings. The second-order valence-corrected chi connectivity index (χ2v) is 8.82. The summed E-state index contributed by atoms with van der Waals surface area (Å²) < 4.78 is 5.76. The Morgan fingerprint density at radius 1 is 1.13 bits per heavy atom. The molecule has 6 heteroatoms. The number of carbonyl (C=O) groups excluding carboxylic acids is 2. The largest absolute Gasteiger partial charge is 0.465 e. The van der Waals surface area contributed by atoms with E-state index in [4.69, 9.17) is 9.73 Å². The molecule has 1 heterocycles. The molecular formula is C24H27BrN2O3. The lowest BCUT2D eigenvalue weighted by atomic mass is 9.96. The number of benzene rings is 2. The molecule has 0 bridgehead atoms. The number of methoxy groups -OCH3 is 1. The van der Waals surface area contributed by atoms with Crippen LogP contribution in [0.3, 0.4) is 0 Å². The fourth-order valence-electron chi connectivity index (χ4n) is 3.86. The van der Waals surface area contributed by atoms with Gasteiger partial charge in [-0.05, 0) is 50.1 Å². The van der Waals surface area contributed by atoms with Gasteiger partial charge in [-0.2, -0.15) is 0 Å². The second-order valence-electron chi connectivity index (χ2n) is 7.91. The third-order valence-electron chi connectivity index (χ3n) is 5.37. The molecule has 0 saturated carbocycles. The van der Waals surface area contributed by atoms with E-state index in [9.17, 15) is 9.59 Å². The van der Waals surface area contributed by atoms with E-state index in [0.717, 1.165) is 34.9 Å². The van der Waals surface area contributed by atoms with Crippen molar-refractivity contribution in [1.29, 1.82) is 0 Å². The molecule has 0 saturated heterocycles. The van der Waals surface area contributed by atoms with Crippen LogP contribution >= 0.6 is 15.9 Å². The van der Waals surface area contributed by atoms with E-state index in [0.29, 0.717) is 11.3 Å². The first kappa shape index (κ1) is 22.2. The summed E-state index contributed by atoms with van der Waals surface area (Å²) in [6, 6.07) is 14.9. The number of hydrogen-bond acceptors (Lipinski definition) is 4. The maximum atomic E-state index is 13.5. The summed E-state index contributed by atoms with van der Waals surface area (Å²) in [5.41, 5.74) is 2.12. The van der Waals surface area contributed by atoms with Gasteiger partial charge in [0.1, 0.15) is 11.4 Å². The normalized spacial score (nSPS) is 16.4. The van der Waals surface area contributed by atoms with Crippen molar-refractivity contribution in [2.75, 3.05) is 7.11 Å². The van der Waals surface area contributed by atoms with E-state index in [-0.39, 0.29) is 17.9 Å². The molecule has 0 radical (unpaired) electrons. The number of nitrogens with zero attached hydrogens (tertiary/aromatic N) is 2. The predicted octanol–water partition coefficient (Wildman–Crippen LogP) is 5.53. The van der Waals surface area contributed by atoms with Crippen LogP contribution in [0.4, 0.5) is 0 Å². The van der Waals surface area contributed by atoms with Crippen LogP contribution in [-0.2, 0) is 9.53 Å². The molecule has 0 aromatic heterocycles. The third-order valence-corrected chi connectivity index (χ3v) is 5.90. The summed E-state index contributed by atoms with van der Waals surface area (Å²) in [7, 11) is 1.37. The minimum atomic E-state index is -0.668. The summed E-state index contributed by atoms with van der Waals surface area (Å²) in [5, 5.41) is 0. The highest BCUT2D eigenvalue weighted by atomic mass is 79.9. The molecule has 0 aliphatic carbocycles. The summed E-state index contributed by atoms with van der Waals surface area (Å²) in [6.07, 6.45) is 2.84. The first-order valence-electron chi connectivity index (χ1n) is 10.2. The smallest absolute Gasteiger partial charge is 0.337 e. The number of carbonyl (C=O) groups is 2. The standard InChI is InChI=1S/C24H27BrN2O3/c1-5-6-7-20(16-8-10-18(11-9-16)23(29)30-4)27-22(28)21(26-24(27,2)3)17-12-14-19(25)15-13-17/h8-15,20H,5-7H2,1-4H3. The topological polar surface area (TPSA) is 59.0 Å². The van der Waals surface area contributed by atoms with Crippen LogP contribution in [0.25, 0.3) is 0 Å².